The molecule has 41 atom stereocenters. The van der Waals surface area contributed by atoms with E-state index in [0.29, 0.717) is 51.4 Å². The highest BCUT2D eigenvalue weighted by atomic mass is 16.8. The monoisotopic (exact) mass is 1790 g/mol. The molecule has 0 amide bonds. The minimum absolute atomic E-state index is 0.00231. The van der Waals surface area contributed by atoms with Crippen LogP contribution in [0.2, 0.25) is 0 Å². The first kappa shape index (κ1) is 99.9. The molecule has 12 aliphatic rings. The molecule has 7 aliphatic heterocycles. The lowest BCUT2D eigenvalue weighted by atomic mass is 9.33. The van der Waals surface area contributed by atoms with Gasteiger partial charge in [0.15, 0.2) is 49.9 Å². The molecular weight excluding hydrogens is 1650 g/mol. The molecule has 4 saturated carbocycles. The van der Waals surface area contributed by atoms with Gasteiger partial charge in [-0.1, -0.05) is 84.4 Å². The molecule has 37 heteroatoms. The maximum absolute atomic E-state index is 16.5. The zero-order valence-electron chi connectivity index (χ0n) is 73.5. The third-order valence-corrected chi connectivity index (χ3v) is 30.3. The summed E-state index contributed by atoms with van der Waals surface area (Å²) in [7, 11) is 0. The van der Waals surface area contributed by atoms with Crippen molar-refractivity contribution in [2.75, 3.05) is 39.6 Å². The van der Waals surface area contributed by atoms with Gasteiger partial charge in [-0.15, -0.1) is 13.2 Å². The Morgan fingerprint density at radius 3 is 1.59 bits per heavy atom. The molecular formula is C88H138O37. The van der Waals surface area contributed by atoms with Crippen molar-refractivity contribution in [1.82, 2.24) is 0 Å². The van der Waals surface area contributed by atoms with E-state index in [1.807, 2.05) is 0 Å². The van der Waals surface area contributed by atoms with Crippen LogP contribution in [0.4, 0.5) is 0 Å². The minimum Gasteiger partial charge on any atom is -0.459 e. The maximum Gasteiger partial charge on any atom is 0.333 e. The number of carbonyl (C=O) groups excluding carboxylic acids is 3. The fourth-order valence-corrected chi connectivity index (χ4v) is 21.8. The standard InChI is InChI=1S/C88H138O37/c1-15-83(10,108)25-17-19-40(3)71(105)110-38-50-58(97)68(120-72(106)41(4)20-18-26-84(11,109)16-2)70(124-76-64(103)60(99)66(42(5)116-76)121-75-65(104)67(48(92)37-113-75)122-73-61(100)54(93)45(89)34-111-73)79(118-50)125-80(107)88-31-29-81(6,7)33-44(88)43-21-22-52-85(12)27-24-53(82(8,9)51(85)23-28-87(52,14)86(43,13)30-32-88)119-77-63(102)59(98)57(96)49(117-77)39-115-78-69(56(95)47(91)36-114-78)123-74-62(101)55(94)46(90)35-112-74/h15-16,19-21,42,44-70,73-79,89-104,108-109H,1-2,17-18,22-39H2,3-14H3/b40-19+,41-20+/t42-,44-,45+,46+,47-,48+,49+,50+,51-,52+,53-,54-,55-,56-,57+,58+,59-,60-,61+,62+,63+,64+,65+,66-,67-,68-,69+,70+,73-,74-,75-,76-,77-,78-,79-,83-,84-,85-,86+,87+,88-/m0/s1. The molecule has 0 spiro atoms. The van der Waals surface area contributed by atoms with E-state index in [1.165, 1.54) is 45.9 Å². The summed E-state index contributed by atoms with van der Waals surface area (Å²) in [6.07, 6.45) is -39.6. The number of allylic oxidation sites excluding steroid dienone is 4. The van der Waals surface area contributed by atoms with E-state index in [0.717, 1.165) is 18.4 Å². The Balaban J connectivity index is 0.807. The number of aliphatic hydroxyl groups excluding tert-OH is 16. The van der Waals surface area contributed by atoms with E-state index in [4.69, 9.17) is 75.8 Å². The average Bonchev–Trinajstić information content (AvgIpc) is 0.673. The summed E-state index contributed by atoms with van der Waals surface area (Å²) in [6, 6.07) is 0. The van der Waals surface area contributed by atoms with Gasteiger partial charge in [-0.2, -0.15) is 0 Å². The zero-order chi connectivity index (χ0) is 91.7. The van der Waals surface area contributed by atoms with Crippen molar-refractivity contribution in [1.29, 1.82) is 0 Å². The van der Waals surface area contributed by atoms with Crippen LogP contribution in [-0.2, 0) is 90.2 Å². The first-order chi connectivity index (χ1) is 58.5. The molecule has 0 aromatic rings. The van der Waals surface area contributed by atoms with Gasteiger partial charge in [0.05, 0.1) is 61.9 Å². The minimum atomic E-state index is -2.15. The summed E-state index contributed by atoms with van der Waals surface area (Å²) in [4.78, 5) is 45.2. The zero-order valence-corrected chi connectivity index (χ0v) is 73.5. The smallest absolute Gasteiger partial charge is 0.333 e. The highest BCUT2D eigenvalue weighted by Gasteiger charge is 2.71. The third-order valence-electron chi connectivity index (χ3n) is 30.3. The second-order valence-electron chi connectivity index (χ2n) is 39.7. The van der Waals surface area contributed by atoms with E-state index in [-0.39, 0.29) is 59.5 Å². The number of ether oxygens (including phenoxy) is 16. The summed E-state index contributed by atoms with van der Waals surface area (Å²) < 4.78 is 97.5. The predicted molar refractivity (Wildman–Crippen MR) is 431 cm³/mol. The molecule has 0 aromatic carbocycles. The Hall–Kier alpha value is -4.13. The molecule has 5 aliphatic carbocycles. The molecule has 37 nitrogen and oxygen atoms in total. The first-order valence-corrected chi connectivity index (χ1v) is 44.1. The van der Waals surface area contributed by atoms with Gasteiger partial charge in [0.2, 0.25) is 6.29 Å². The predicted octanol–water partition coefficient (Wildman–Crippen LogP) is -0.550. The number of fused-ring (bicyclic) bond motifs is 7. The fourth-order valence-electron chi connectivity index (χ4n) is 21.8. The molecule has 0 aromatic heterocycles. The Labute approximate surface area is 728 Å². The van der Waals surface area contributed by atoms with Crippen molar-refractivity contribution < 1.29 is 182 Å². The molecule has 712 valence electrons. The SMILES string of the molecule is C=C[C@](C)(O)CC/C=C(\C)C(=O)OC[C@H]1O[C@@H](OC(=O)[C@]23CCC(C)(C)C[C@H]2C2=CC[C@@H]4[C@@]5(C)CC[C@H](O[C@@H]6O[C@H](CO[C@@H]7OC[C@H](O)[C@H](O)[C@H]7O[C@@H]7OC[C@@H](O)[C@H](O)[C@H]7O)[C@@H](O)[C@H](O)[C@H]6O)C(C)(C)[C@@H]5CC[C@@]4(C)[C@]2(C)CC3)[C@H](O[C@@H]2O[C@@H](C)[C@H](O[C@@H]3OC[C@@H](O)[C@H](O[C@@H]4OC[C@@H](O)[C@H](O)[C@H]4O)[C@H]3O)[C@@H](O)[C@H]2O)[C@@H](OC(=O)/C(C)=C/CC[C@@](C)(O)C=C)[C@@H]1O. The van der Waals surface area contributed by atoms with Crippen molar-refractivity contribution in [3.63, 3.8) is 0 Å². The Morgan fingerprint density at radius 1 is 0.480 bits per heavy atom. The van der Waals surface area contributed by atoms with Crippen LogP contribution >= 0.6 is 0 Å². The third kappa shape index (κ3) is 20.2. The maximum atomic E-state index is 16.5. The highest BCUT2D eigenvalue weighted by molar-refractivity contribution is 5.88. The summed E-state index contributed by atoms with van der Waals surface area (Å²) in [6.45, 7) is 27.2. The first-order valence-electron chi connectivity index (χ1n) is 44.1. The van der Waals surface area contributed by atoms with Crippen molar-refractivity contribution in [2.45, 2.75) is 381 Å². The van der Waals surface area contributed by atoms with Crippen LogP contribution in [-0.4, -0.2) is 357 Å². The van der Waals surface area contributed by atoms with Gasteiger partial charge in [0, 0.05) is 11.1 Å². The van der Waals surface area contributed by atoms with E-state index in [2.05, 4.69) is 67.7 Å². The van der Waals surface area contributed by atoms with Crippen molar-refractivity contribution in [2.24, 2.45) is 50.2 Å². The van der Waals surface area contributed by atoms with Crippen LogP contribution in [0.15, 0.2) is 60.3 Å². The van der Waals surface area contributed by atoms with Crippen LogP contribution in [0.5, 0.6) is 0 Å². The van der Waals surface area contributed by atoms with E-state index < -0.39 is 293 Å². The van der Waals surface area contributed by atoms with Gasteiger partial charge in [-0.25, -0.2) is 9.59 Å². The topological polar surface area (TPSA) is 563 Å². The van der Waals surface area contributed by atoms with Gasteiger partial charge in [-0.3, -0.25) is 4.79 Å². The highest BCUT2D eigenvalue weighted by Crippen LogP contribution is 2.76. The molecule has 11 fully saturated rings. The molecule has 0 bridgehead atoms. The summed E-state index contributed by atoms with van der Waals surface area (Å²) in [5, 5.41) is 199. The number of aliphatic hydroxyl groups is 18. The molecule has 0 unspecified atom stereocenters. The van der Waals surface area contributed by atoms with Crippen LogP contribution < -0.4 is 0 Å². The second-order valence-corrected chi connectivity index (χ2v) is 39.7. The van der Waals surface area contributed by atoms with Gasteiger partial charge >= 0.3 is 17.9 Å². The van der Waals surface area contributed by atoms with Crippen LogP contribution in [0, 0.1) is 50.2 Å². The second kappa shape index (κ2) is 39.2. The summed E-state index contributed by atoms with van der Waals surface area (Å²) in [5.74, 6) is -3.05. The van der Waals surface area contributed by atoms with E-state index in [1.54, 1.807) is 13.0 Å². The Kier molecular flexibility index (Phi) is 31.3. The molecule has 7 heterocycles. The fraction of sp³-hybridized carbons (Fsp3) is 0.852. The van der Waals surface area contributed by atoms with Crippen LogP contribution in [0.3, 0.4) is 0 Å². The average molecular weight is 1790 g/mol. The number of hydrogen-bond acceptors (Lipinski definition) is 37. The van der Waals surface area contributed by atoms with Gasteiger partial charge < -0.3 is 168 Å². The molecule has 18 N–H and O–H groups in total. The number of carbonyl (C=O) groups is 3. The summed E-state index contributed by atoms with van der Waals surface area (Å²) in [5.41, 5.74) is -4.94. The molecule has 12 rings (SSSR count). The number of rotatable bonds is 28. The molecule has 7 saturated heterocycles. The lowest BCUT2D eigenvalue weighted by Gasteiger charge is -2.71. The quantitative estimate of drug-likeness (QED) is 0.0154. The van der Waals surface area contributed by atoms with Gasteiger partial charge in [0.25, 0.3) is 0 Å². The normalized spacial score (nSPS) is 47.4. The van der Waals surface area contributed by atoms with Crippen molar-refractivity contribution in [3.8, 4) is 0 Å². The lowest BCUT2D eigenvalue weighted by Crippen LogP contribution is -2.67. The van der Waals surface area contributed by atoms with Crippen molar-refractivity contribution >= 4 is 17.9 Å². The van der Waals surface area contributed by atoms with E-state index in [9.17, 15) is 102 Å². The number of hydrogen-bond donors (Lipinski definition) is 18. The van der Waals surface area contributed by atoms with Crippen LogP contribution in [0.1, 0.15) is 173 Å². The molecule has 125 heavy (non-hydrogen) atoms. The van der Waals surface area contributed by atoms with E-state index >= 15 is 4.79 Å². The summed E-state index contributed by atoms with van der Waals surface area (Å²) >= 11 is 0. The Morgan fingerprint density at radius 2 is 0.984 bits per heavy atom. The van der Waals surface area contributed by atoms with Crippen LogP contribution in [0.25, 0.3) is 0 Å². The van der Waals surface area contributed by atoms with Crippen molar-refractivity contribution in [3.05, 3.63) is 60.3 Å². The molecule has 0 radical (unpaired) electrons. The van der Waals surface area contributed by atoms with Gasteiger partial charge in [-0.05, 0) is 169 Å². The van der Waals surface area contributed by atoms with Gasteiger partial charge in [0.1, 0.15) is 135 Å². The Bertz CT molecular complexity index is 3800. The number of esters is 3. The largest absolute Gasteiger partial charge is 0.459 e. The lowest BCUT2D eigenvalue weighted by molar-refractivity contribution is -0.379.